The summed E-state index contributed by atoms with van der Waals surface area (Å²) in [5.41, 5.74) is 6.84. The number of phenolic OH excluding ortho intramolecular Hbond substituents is 1. The van der Waals surface area contributed by atoms with E-state index in [0.717, 1.165) is 45.5 Å². The summed E-state index contributed by atoms with van der Waals surface area (Å²) >= 11 is 0. The van der Waals surface area contributed by atoms with Crippen LogP contribution in [-0.4, -0.2) is 52.3 Å². The molecular formula is C36H36N2O7. The lowest BCUT2D eigenvalue weighted by Crippen LogP contribution is -2.32. The third-order valence-corrected chi connectivity index (χ3v) is 8.79. The summed E-state index contributed by atoms with van der Waals surface area (Å²) in [6.45, 7) is 1.36. The van der Waals surface area contributed by atoms with Crippen LogP contribution in [0.15, 0.2) is 59.6 Å². The summed E-state index contributed by atoms with van der Waals surface area (Å²) in [4.78, 5) is 4.93. The van der Waals surface area contributed by atoms with Gasteiger partial charge in [0.15, 0.2) is 34.5 Å². The van der Waals surface area contributed by atoms with E-state index in [1.165, 1.54) is 7.11 Å². The van der Waals surface area contributed by atoms with Crippen LogP contribution in [0.4, 0.5) is 0 Å². The second-order valence-electron chi connectivity index (χ2n) is 11.3. The van der Waals surface area contributed by atoms with Gasteiger partial charge in [0.2, 0.25) is 11.5 Å². The minimum absolute atomic E-state index is 0.0546. The monoisotopic (exact) mass is 608 g/mol. The number of benzene rings is 4. The summed E-state index contributed by atoms with van der Waals surface area (Å²) in [6, 6.07) is 17.9. The van der Waals surface area contributed by atoms with E-state index >= 15 is 0 Å². The molecule has 0 aromatic heterocycles. The molecule has 232 valence electrons. The van der Waals surface area contributed by atoms with Crippen LogP contribution in [0, 0.1) is 0 Å². The zero-order chi connectivity index (χ0) is 31.1. The van der Waals surface area contributed by atoms with Gasteiger partial charge in [0.05, 0.1) is 28.4 Å². The normalized spacial score (nSPS) is 16.6. The molecule has 0 saturated heterocycles. The van der Waals surface area contributed by atoms with Gasteiger partial charge in [0, 0.05) is 41.4 Å². The van der Waals surface area contributed by atoms with Gasteiger partial charge in [-0.3, -0.25) is 4.99 Å². The van der Waals surface area contributed by atoms with Crippen molar-refractivity contribution >= 4 is 5.71 Å². The molecular weight excluding hydrogens is 572 g/mol. The molecule has 9 heteroatoms. The predicted octanol–water partition coefficient (Wildman–Crippen LogP) is 6.34. The maximum absolute atomic E-state index is 11.4. The minimum atomic E-state index is -0.227. The van der Waals surface area contributed by atoms with E-state index < -0.39 is 0 Å². The summed E-state index contributed by atoms with van der Waals surface area (Å²) in [5, 5.41) is 15.1. The van der Waals surface area contributed by atoms with Crippen LogP contribution in [0.3, 0.4) is 0 Å². The summed E-state index contributed by atoms with van der Waals surface area (Å²) in [6.07, 6.45) is 2.62. The summed E-state index contributed by atoms with van der Waals surface area (Å²) in [5.74, 6) is 4.16. The second-order valence-corrected chi connectivity index (χ2v) is 11.3. The Balaban J connectivity index is 1.47. The molecule has 0 spiro atoms. The molecule has 4 aliphatic rings. The molecule has 2 N–H and O–H groups in total. The SMILES string of the molecule is COc1ccc2cc1Oc1ccc(cc1)CC1=NCCc3cc(OC)c(cc31)Oc1c(OC)c(OC)c(O)c3c1[C@@H](C2)NCC3. The van der Waals surface area contributed by atoms with Gasteiger partial charge in [-0.05, 0) is 78.9 Å². The zero-order valence-electron chi connectivity index (χ0n) is 25.9. The molecule has 4 aromatic carbocycles. The van der Waals surface area contributed by atoms with E-state index in [9.17, 15) is 5.11 Å². The van der Waals surface area contributed by atoms with Gasteiger partial charge in [0.1, 0.15) is 5.75 Å². The Labute approximate surface area is 262 Å². The number of rotatable bonds is 4. The molecule has 0 fully saturated rings. The van der Waals surface area contributed by atoms with Crippen LogP contribution in [0.1, 0.15) is 39.4 Å². The number of fused-ring (bicyclic) bond motifs is 2. The Hall–Kier alpha value is -4.89. The van der Waals surface area contributed by atoms with Crippen LogP contribution in [0.5, 0.6) is 51.7 Å². The molecule has 45 heavy (non-hydrogen) atoms. The van der Waals surface area contributed by atoms with Gasteiger partial charge in [-0.1, -0.05) is 18.2 Å². The summed E-state index contributed by atoms with van der Waals surface area (Å²) in [7, 11) is 6.34. The molecule has 6 bridgehead atoms. The third-order valence-electron chi connectivity index (χ3n) is 8.79. The van der Waals surface area contributed by atoms with Gasteiger partial charge in [-0.2, -0.15) is 0 Å². The van der Waals surface area contributed by atoms with Crippen molar-refractivity contribution in [2.75, 3.05) is 41.5 Å². The quantitative estimate of drug-likeness (QED) is 0.277. The van der Waals surface area contributed by atoms with Crippen molar-refractivity contribution in [3.63, 3.8) is 0 Å². The lowest BCUT2D eigenvalue weighted by molar-refractivity contribution is 0.306. The van der Waals surface area contributed by atoms with Crippen molar-refractivity contribution in [3.05, 3.63) is 88.0 Å². The van der Waals surface area contributed by atoms with Gasteiger partial charge in [-0.15, -0.1) is 0 Å². The van der Waals surface area contributed by atoms with Crippen molar-refractivity contribution in [1.82, 2.24) is 5.32 Å². The number of nitrogens with one attached hydrogen (secondary N) is 1. The van der Waals surface area contributed by atoms with Gasteiger partial charge in [-0.25, -0.2) is 0 Å². The Morgan fingerprint density at radius 3 is 2.31 bits per heavy atom. The van der Waals surface area contributed by atoms with E-state index in [-0.39, 0.29) is 17.5 Å². The van der Waals surface area contributed by atoms with Gasteiger partial charge >= 0.3 is 0 Å². The topological polar surface area (TPSA) is 100 Å². The zero-order valence-corrected chi connectivity index (χ0v) is 25.9. The van der Waals surface area contributed by atoms with Crippen molar-refractivity contribution in [1.29, 1.82) is 0 Å². The molecule has 0 amide bonds. The maximum Gasteiger partial charge on any atom is 0.208 e. The fourth-order valence-corrected chi connectivity index (χ4v) is 6.61. The van der Waals surface area contributed by atoms with Crippen molar-refractivity contribution in [2.45, 2.75) is 31.7 Å². The molecule has 9 nitrogen and oxygen atoms in total. The minimum Gasteiger partial charge on any atom is -0.504 e. The molecule has 4 heterocycles. The Morgan fingerprint density at radius 2 is 1.56 bits per heavy atom. The first-order valence-corrected chi connectivity index (χ1v) is 15.1. The highest BCUT2D eigenvalue weighted by Gasteiger charge is 2.34. The first kappa shape index (κ1) is 28.9. The number of ether oxygens (including phenoxy) is 6. The molecule has 1 atom stereocenters. The number of methoxy groups -OCH3 is 4. The van der Waals surface area contributed by atoms with E-state index in [4.69, 9.17) is 33.4 Å². The number of phenols is 1. The van der Waals surface area contributed by atoms with Crippen LogP contribution >= 0.6 is 0 Å². The lowest BCUT2D eigenvalue weighted by Gasteiger charge is -2.32. The number of hydrogen-bond donors (Lipinski definition) is 2. The largest absolute Gasteiger partial charge is 0.504 e. The highest BCUT2D eigenvalue weighted by molar-refractivity contribution is 6.04. The number of hydrogen-bond acceptors (Lipinski definition) is 9. The van der Waals surface area contributed by atoms with Crippen LogP contribution < -0.4 is 33.7 Å². The van der Waals surface area contributed by atoms with Gasteiger partial charge < -0.3 is 38.8 Å². The van der Waals surface area contributed by atoms with E-state index in [0.29, 0.717) is 72.6 Å². The number of nitrogens with zero attached hydrogens (tertiary/aromatic N) is 1. The fourth-order valence-electron chi connectivity index (χ4n) is 6.61. The second kappa shape index (κ2) is 11.9. The molecule has 4 aromatic rings. The highest BCUT2D eigenvalue weighted by atomic mass is 16.5. The average Bonchev–Trinajstić information content (AvgIpc) is 3.06. The Kier molecular flexibility index (Phi) is 7.63. The first-order valence-electron chi connectivity index (χ1n) is 15.1. The Morgan fingerprint density at radius 1 is 0.800 bits per heavy atom. The smallest absolute Gasteiger partial charge is 0.208 e. The molecule has 4 aliphatic heterocycles. The maximum atomic E-state index is 11.4. The summed E-state index contributed by atoms with van der Waals surface area (Å²) < 4.78 is 36.3. The molecule has 8 rings (SSSR count). The highest BCUT2D eigenvalue weighted by Crippen LogP contribution is 2.54. The molecule has 0 aliphatic carbocycles. The average molecular weight is 609 g/mol. The van der Waals surface area contributed by atoms with Crippen molar-refractivity contribution in [2.24, 2.45) is 4.99 Å². The number of aromatic hydroxyl groups is 1. The van der Waals surface area contributed by atoms with Gasteiger partial charge in [0.25, 0.3) is 0 Å². The standard InChI is InChI=1S/C36H36N2O7/c1-40-28-10-7-21-16-27-32-24(12-14-38-27)33(39)35(42-3)36(43-4)34(32)45-31-19-25-22(18-29(31)41-2)11-13-37-26(25)15-20-5-8-23(9-6-20)44-30(28)17-21/h5-10,17-19,27,38-39H,11-16H2,1-4H3/t27-/m1/s1. The van der Waals surface area contributed by atoms with Crippen molar-refractivity contribution < 1.29 is 33.5 Å². The van der Waals surface area contributed by atoms with Crippen molar-refractivity contribution in [3.8, 4) is 51.7 Å². The van der Waals surface area contributed by atoms with Crippen LogP contribution in [0.2, 0.25) is 0 Å². The molecule has 0 radical (unpaired) electrons. The predicted molar refractivity (Wildman–Crippen MR) is 171 cm³/mol. The third kappa shape index (κ3) is 5.17. The lowest BCUT2D eigenvalue weighted by atomic mass is 9.88. The van der Waals surface area contributed by atoms with E-state index in [1.54, 1.807) is 21.3 Å². The molecule has 0 saturated carbocycles. The Bertz CT molecular complexity index is 1800. The molecule has 0 unspecified atom stereocenters. The van der Waals surface area contributed by atoms with E-state index in [1.807, 2.05) is 42.5 Å². The number of aliphatic imine (C=N–C) groups is 1. The van der Waals surface area contributed by atoms with Crippen LogP contribution in [-0.2, 0) is 25.7 Å². The first-order chi connectivity index (χ1) is 22.0. The fraction of sp³-hybridized carbons (Fsp3) is 0.306. The van der Waals surface area contributed by atoms with E-state index in [2.05, 4.69) is 17.4 Å². The van der Waals surface area contributed by atoms with Crippen LogP contribution in [0.25, 0.3) is 0 Å².